The lowest BCUT2D eigenvalue weighted by atomic mass is 10.2. The number of carbonyl (C=O) groups excluding carboxylic acids is 1. The highest BCUT2D eigenvalue weighted by Crippen LogP contribution is 2.25. The molecule has 0 spiro atoms. The number of benzene rings is 2. The topological polar surface area (TPSA) is 75.9 Å². The highest BCUT2D eigenvalue weighted by atomic mass is 32.2. The largest absolute Gasteiger partial charge is 0.351 e. The van der Waals surface area contributed by atoms with E-state index < -0.39 is 0 Å². The molecule has 0 bridgehead atoms. The zero-order valence-electron chi connectivity index (χ0n) is 19.5. The van der Waals surface area contributed by atoms with Gasteiger partial charge in [0.15, 0.2) is 11.0 Å². The lowest BCUT2D eigenvalue weighted by Crippen LogP contribution is -2.38. The molecule has 178 valence electrons. The summed E-state index contributed by atoms with van der Waals surface area (Å²) in [5.74, 6) is 1.07. The van der Waals surface area contributed by atoms with Crippen LogP contribution < -0.4 is 5.32 Å². The van der Waals surface area contributed by atoms with E-state index >= 15 is 0 Å². The van der Waals surface area contributed by atoms with E-state index in [2.05, 4.69) is 66.4 Å². The first-order chi connectivity index (χ1) is 17.2. The number of nitrogens with one attached hydrogen (secondary N) is 1. The Bertz CT molecular complexity index is 1230. The summed E-state index contributed by atoms with van der Waals surface area (Å²) in [5.41, 5.74) is 3.35. The molecular formula is C27H28N6OS. The molecular weight excluding hydrogens is 456 g/mol. The molecule has 1 N–H and O–H groups in total. The fourth-order valence-corrected chi connectivity index (χ4v) is 5.10. The Labute approximate surface area is 209 Å². The zero-order valence-corrected chi connectivity index (χ0v) is 20.3. The van der Waals surface area contributed by atoms with E-state index in [1.54, 1.807) is 12.4 Å². The number of likely N-dealkylation sites (tertiary alicyclic amines) is 1. The van der Waals surface area contributed by atoms with Crippen LogP contribution in [0.3, 0.4) is 0 Å². The Morgan fingerprint density at radius 2 is 1.69 bits per heavy atom. The van der Waals surface area contributed by atoms with Crippen LogP contribution in [0.15, 0.2) is 90.3 Å². The Hall–Kier alpha value is -3.49. The van der Waals surface area contributed by atoms with Crippen LogP contribution in [-0.4, -0.2) is 55.4 Å². The van der Waals surface area contributed by atoms with Crippen molar-refractivity contribution < 1.29 is 4.79 Å². The molecule has 35 heavy (non-hydrogen) atoms. The maximum atomic E-state index is 12.8. The first-order valence-electron chi connectivity index (χ1n) is 11.8. The SMILES string of the molecule is O=C(CSc1nnc(-c2cccnc2)n1Cc1ccccc1)NC1CCN(Cc2ccccc2)C1. The fourth-order valence-electron chi connectivity index (χ4n) is 4.35. The molecule has 1 saturated heterocycles. The van der Waals surface area contributed by atoms with Crippen molar-refractivity contribution in [1.82, 2.24) is 30.0 Å². The molecule has 4 aromatic rings. The predicted octanol–water partition coefficient (Wildman–Crippen LogP) is 3.87. The van der Waals surface area contributed by atoms with Crippen molar-refractivity contribution in [2.75, 3.05) is 18.8 Å². The Morgan fingerprint density at radius 1 is 0.943 bits per heavy atom. The molecule has 2 aromatic carbocycles. The van der Waals surface area contributed by atoms with Gasteiger partial charge in [-0.3, -0.25) is 19.2 Å². The zero-order chi connectivity index (χ0) is 23.9. The normalized spacial score (nSPS) is 15.8. The van der Waals surface area contributed by atoms with Crippen LogP contribution in [0.4, 0.5) is 0 Å². The maximum absolute atomic E-state index is 12.8. The van der Waals surface area contributed by atoms with Gasteiger partial charge in [0.05, 0.1) is 12.3 Å². The van der Waals surface area contributed by atoms with Gasteiger partial charge in [0, 0.05) is 43.6 Å². The summed E-state index contributed by atoms with van der Waals surface area (Å²) in [7, 11) is 0. The number of aromatic nitrogens is 4. The number of thioether (sulfide) groups is 1. The van der Waals surface area contributed by atoms with E-state index in [0.29, 0.717) is 12.3 Å². The Balaban J connectivity index is 1.21. The molecule has 0 saturated carbocycles. The first kappa shape index (κ1) is 23.3. The second kappa shape index (κ2) is 11.3. The van der Waals surface area contributed by atoms with Crippen molar-refractivity contribution in [2.24, 2.45) is 0 Å². The summed E-state index contributed by atoms with van der Waals surface area (Å²) in [6, 6.07) is 24.7. The molecule has 0 radical (unpaired) electrons. The van der Waals surface area contributed by atoms with E-state index in [-0.39, 0.29) is 11.9 Å². The van der Waals surface area contributed by atoms with Crippen LogP contribution in [0.25, 0.3) is 11.4 Å². The number of carbonyl (C=O) groups is 1. The van der Waals surface area contributed by atoms with E-state index in [9.17, 15) is 4.79 Å². The Kier molecular flexibility index (Phi) is 7.50. The molecule has 0 aliphatic carbocycles. The second-order valence-corrected chi connectivity index (χ2v) is 9.62. The van der Waals surface area contributed by atoms with Crippen LogP contribution in [0.2, 0.25) is 0 Å². The van der Waals surface area contributed by atoms with Gasteiger partial charge in [-0.2, -0.15) is 0 Å². The molecule has 5 rings (SSSR count). The smallest absolute Gasteiger partial charge is 0.230 e. The highest BCUT2D eigenvalue weighted by molar-refractivity contribution is 7.99. The number of pyridine rings is 1. The first-order valence-corrected chi connectivity index (χ1v) is 12.8. The third-order valence-corrected chi connectivity index (χ3v) is 7.01. The third kappa shape index (κ3) is 6.15. The van der Waals surface area contributed by atoms with Gasteiger partial charge in [0.2, 0.25) is 5.91 Å². The average molecular weight is 485 g/mol. The van der Waals surface area contributed by atoms with Crippen molar-refractivity contribution in [3.63, 3.8) is 0 Å². The minimum Gasteiger partial charge on any atom is -0.351 e. The lowest BCUT2D eigenvalue weighted by Gasteiger charge is -2.17. The second-order valence-electron chi connectivity index (χ2n) is 8.68. The van der Waals surface area contributed by atoms with Gasteiger partial charge in [-0.15, -0.1) is 10.2 Å². The van der Waals surface area contributed by atoms with Gasteiger partial charge >= 0.3 is 0 Å². The number of amides is 1. The summed E-state index contributed by atoms with van der Waals surface area (Å²) in [6.45, 7) is 3.41. The molecule has 2 aromatic heterocycles. The van der Waals surface area contributed by atoms with Crippen molar-refractivity contribution >= 4 is 17.7 Å². The standard InChI is InChI=1S/C27H28N6OS/c34-25(29-24-13-15-32(19-24)17-21-8-3-1-4-9-21)20-35-27-31-30-26(23-12-7-14-28-16-23)33(27)18-22-10-5-2-6-11-22/h1-12,14,16,24H,13,15,17-20H2,(H,29,34). The highest BCUT2D eigenvalue weighted by Gasteiger charge is 2.24. The predicted molar refractivity (Wildman–Crippen MR) is 138 cm³/mol. The molecule has 1 aliphatic heterocycles. The number of rotatable bonds is 9. The van der Waals surface area contributed by atoms with Crippen LogP contribution in [0, 0.1) is 0 Å². The summed E-state index contributed by atoms with van der Waals surface area (Å²) >= 11 is 1.42. The van der Waals surface area contributed by atoms with Gasteiger partial charge in [-0.1, -0.05) is 72.4 Å². The van der Waals surface area contributed by atoms with Crippen molar-refractivity contribution in [2.45, 2.75) is 30.7 Å². The monoisotopic (exact) mass is 484 g/mol. The van der Waals surface area contributed by atoms with Crippen LogP contribution in [-0.2, 0) is 17.9 Å². The molecule has 1 aliphatic rings. The lowest BCUT2D eigenvalue weighted by molar-refractivity contribution is -0.119. The molecule has 3 heterocycles. The number of nitrogens with zero attached hydrogens (tertiary/aromatic N) is 5. The molecule has 1 amide bonds. The Morgan fingerprint density at radius 3 is 2.40 bits per heavy atom. The summed E-state index contributed by atoms with van der Waals surface area (Å²) < 4.78 is 2.06. The minimum atomic E-state index is 0.0266. The number of hydrogen-bond acceptors (Lipinski definition) is 6. The van der Waals surface area contributed by atoms with Gasteiger partial charge in [-0.25, -0.2) is 0 Å². The molecule has 1 fully saturated rings. The van der Waals surface area contributed by atoms with E-state index in [0.717, 1.165) is 48.2 Å². The molecule has 7 nitrogen and oxygen atoms in total. The van der Waals surface area contributed by atoms with Gasteiger partial charge in [0.1, 0.15) is 0 Å². The van der Waals surface area contributed by atoms with E-state index in [1.807, 2.05) is 36.4 Å². The van der Waals surface area contributed by atoms with E-state index in [4.69, 9.17) is 0 Å². The van der Waals surface area contributed by atoms with Crippen LogP contribution in [0.1, 0.15) is 17.5 Å². The quantitative estimate of drug-likeness (QED) is 0.364. The fraction of sp³-hybridized carbons (Fsp3) is 0.259. The molecule has 1 unspecified atom stereocenters. The van der Waals surface area contributed by atoms with Crippen LogP contribution in [0.5, 0.6) is 0 Å². The summed E-state index contributed by atoms with van der Waals surface area (Å²) in [5, 5.41) is 12.8. The van der Waals surface area contributed by atoms with Crippen molar-refractivity contribution in [3.05, 3.63) is 96.3 Å². The van der Waals surface area contributed by atoms with E-state index in [1.165, 1.54) is 17.3 Å². The minimum absolute atomic E-state index is 0.0266. The van der Waals surface area contributed by atoms with Crippen LogP contribution >= 0.6 is 11.8 Å². The van der Waals surface area contributed by atoms with Crippen molar-refractivity contribution in [1.29, 1.82) is 0 Å². The summed E-state index contributed by atoms with van der Waals surface area (Å²) in [6.07, 6.45) is 4.50. The van der Waals surface area contributed by atoms with Gasteiger partial charge in [0.25, 0.3) is 0 Å². The molecule has 1 atom stereocenters. The third-order valence-electron chi connectivity index (χ3n) is 6.04. The van der Waals surface area contributed by atoms with Crippen molar-refractivity contribution in [3.8, 4) is 11.4 Å². The molecule has 8 heteroatoms. The number of hydrogen-bond donors (Lipinski definition) is 1. The average Bonchev–Trinajstić information content (AvgIpc) is 3.51. The maximum Gasteiger partial charge on any atom is 0.230 e. The van der Waals surface area contributed by atoms with Gasteiger partial charge in [-0.05, 0) is 29.7 Å². The van der Waals surface area contributed by atoms with Gasteiger partial charge < -0.3 is 5.32 Å². The summed E-state index contributed by atoms with van der Waals surface area (Å²) in [4.78, 5) is 19.4.